The summed E-state index contributed by atoms with van der Waals surface area (Å²) in [4.78, 5) is 4.33. The first-order valence-corrected chi connectivity index (χ1v) is 14.3. The number of nitrogens with zero attached hydrogens (tertiary/aromatic N) is 2. The summed E-state index contributed by atoms with van der Waals surface area (Å²) in [5, 5.41) is 4.42. The van der Waals surface area contributed by atoms with Gasteiger partial charge in [0.25, 0.3) is 0 Å². The van der Waals surface area contributed by atoms with Crippen LogP contribution in [0.25, 0.3) is 60.6 Å². The van der Waals surface area contributed by atoms with Crippen molar-refractivity contribution in [3.05, 3.63) is 133 Å². The van der Waals surface area contributed by atoms with E-state index >= 15 is 0 Å². The molecule has 0 spiro atoms. The standard InChI is InChI=1S/C38H29F3N2/c1-37(2,3)32-21-26(20-25-10-4-5-11-28(25)32)34-22-31(33(23-42-34)38(39,40)41)24-16-18-27(19-17-24)43-35-14-8-6-12-29(35)30-13-7-9-15-36(30)43/h4-23H,1-3H3. The van der Waals surface area contributed by atoms with Crippen LogP contribution < -0.4 is 0 Å². The molecule has 0 atom stereocenters. The zero-order chi connectivity index (χ0) is 29.9. The van der Waals surface area contributed by atoms with E-state index in [1.807, 2.05) is 60.7 Å². The van der Waals surface area contributed by atoms with Crippen LogP contribution in [0.2, 0.25) is 0 Å². The molecule has 2 heterocycles. The van der Waals surface area contributed by atoms with E-state index in [1.54, 1.807) is 18.2 Å². The molecule has 0 aliphatic heterocycles. The average molecular weight is 571 g/mol. The van der Waals surface area contributed by atoms with Gasteiger partial charge in [-0.25, -0.2) is 0 Å². The average Bonchev–Trinajstić information content (AvgIpc) is 3.34. The molecule has 0 aliphatic carbocycles. The van der Waals surface area contributed by atoms with E-state index < -0.39 is 11.7 Å². The molecule has 0 saturated carbocycles. The Morgan fingerprint density at radius 1 is 0.581 bits per heavy atom. The first-order valence-electron chi connectivity index (χ1n) is 14.3. The van der Waals surface area contributed by atoms with Crippen LogP contribution in [-0.2, 0) is 11.6 Å². The summed E-state index contributed by atoms with van der Waals surface area (Å²) < 4.78 is 45.1. The zero-order valence-electron chi connectivity index (χ0n) is 24.1. The van der Waals surface area contributed by atoms with Crippen molar-refractivity contribution in [3.63, 3.8) is 0 Å². The largest absolute Gasteiger partial charge is 0.418 e. The van der Waals surface area contributed by atoms with Gasteiger partial charge in [-0.05, 0) is 75.3 Å². The second-order valence-electron chi connectivity index (χ2n) is 12.0. The molecule has 0 N–H and O–H groups in total. The van der Waals surface area contributed by atoms with E-state index in [-0.39, 0.29) is 11.0 Å². The number of pyridine rings is 1. The number of halogens is 3. The molecule has 2 aromatic heterocycles. The van der Waals surface area contributed by atoms with E-state index in [2.05, 4.69) is 66.7 Å². The Labute approximate surface area is 248 Å². The summed E-state index contributed by atoms with van der Waals surface area (Å²) >= 11 is 0. The monoisotopic (exact) mass is 570 g/mol. The molecule has 7 aromatic rings. The van der Waals surface area contributed by atoms with Crippen molar-refractivity contribution in [1.29, 1.82) is 0 Å². The van der Waals surface area contributed by atoms with Crippen LogP contribution in [0, 0.1) is 0 Å². The quantitative estimate of drug-likeness (QED) is 0.207. The molecule has 0 unspecified atom stereocenters. The molecule has 0 radical (unpaired) electrons. The van der Waals surface area contributed by atoms with E-state index in [1.165, 1.54) is 0 Å². The third-order valence-electron chi connectivity index (χ3n) is 8.19. The molecule has 0 saturated heterocycles. The number of para-hydroxylation sites is 2. The second kappa shape index (κ2) is 9.84. The molecular weight excluding hydrogens is 541 g/mol. The molecule has 0 aliphatic rings. The Morgan fingerprint density at radius 2 is 1.16 bits per heavy atom. The summed E-state index contributed by atoms with van der Waals surface area (Å²) in [6.45, 7) is 6.43. The van der Waals surface area contributed by atoms with Gasteiger partial charge in [0.05, 0.1) is 22.3 Å². The molecule has 5 aromatic carbocycles. The number of aromatic nitrogens is 2. The molecule has 5 heteroatoms. The smallest absolute Gasteiger partial charge is 0.309 e. The first-order chi connectivity index (χ1) is 20.6. The van der Waals surface area contributed by atoms with Crippen molar-refractivity contribution in [1.82, 2.24) is 9.55 Å². The van der Waals surface area contributed by atoms with E-state index in [4.69, 9.17) is 0 Å². The highest BCUT2D eigenvalue weighted by Gasteiger charge is 2.34. The maximum absolute atomic E-state index is 14.3. The summed E-state index contributed by atoms with van der Waals surface area (Å²) in [5.41, 5.74) is 5.08. The van der Waals surface area contributed by atoms with Crippen LogP contribution in [-0.4, -0.2) is 9.55 Å². The lowest BCUT2D eigenvalue weighted by Gasteiger charge is -2.23. The lowest BCUT2D eigenvalue weighted by Crippen LogP contribution is -2.12. The number of rotatable bonds is 3. The molecule has 0 fully saturated rings. The number of hydrogen-bond donors (Lipinski definition) is 0. The van der Waals surface area contributed by atoms with Gasteiger partial charge in [0, 0.05) is 28.2 Å². The Kier molecular flexibility index (Phi) is 6.17. The number of hydrogen-bond acceptors (Lipinski definition) is 1. The molecule has 7 rings (SSSR count). The number of fused-ring (bicyclic) bond motifs is 4. The lowest BCUT2D eigenvalue weighted by molar-refractivity contribution is -0.137. The van der Waals surface area contributed by atoms with Gasteiger partial charge in [0.15, 0.2) is 0 Å². The highest BCUT2D eigenvalue weighted by atomic mass is 19.4. The summed E-state index contributed by atoms with van der Waals surface area (Å²) in [6, 6.07) is 37.4. The van der Waals surface area contributed by atoms with Crippen molar-refractivity contribution < 1.29 is 13.2 Å². The van der Waals surface area contributed by atoms with Gasteiger partial charge in [0.1, 0.15) is 0 Å². The molecule has 0 bridgehead atoms. The maximum atomic E-state index is 14.3. The predicted octanol–water partition coefficient (Wildman–Crippen LogP) is 11.0. The first kappa shape index (κ1) is 27.0. The molecule has 43 heavy (non-hydrogen) atoms. The second-order valence-corrected chi connectivity index (χ2v) is 12.0. The van der Waals surface area contributed by atoms with Crippen LogP contribution in [0.1, 0.15) is 31.9 Å². The van der Waals surface area contributed by atoms with E-state index in [9.17, 15) is 13.2 Å². The van der Waals surface area contributed by atoms with Gasteiger partial charge >= 0.3 is 6.18 Å². The Hall–Kier alpha value is -4.90. The summed E-state index contributed by atoms with van der Waals surface area (Å²) in [5.74, 6) is 0. The predicted molar refractivity (Wildman–Crippen MR) is 171 cm³/mol. The van der Waals surface area contributed by atoms with Gasteiger partial charge < -0.3 is 4.57 Å². The van der Waals surface area contributed by atoms with Crippen molar-refractivity contribution in [2.24, 2.45) is 0 Å². The third-order valence-corrected chi connectivity index (χ3v) is 8.19. The number of alkyl halides is 3. The molecule has 0 amide bonds. The topological polar surface area (TPSA) is 17.8 Å². The molecule has 212 valence electrons. The molecule has 2 nitrogen and oxygen atoms in total. The zero-order valence-corrected chi connectivity index (χ0v) is 24.1. The van der Waals surface area contributed by atoms with Crippen molar-refractivity contribution in [2.45, 2.75) is 32.4 Å². The van der Waals surface area contributed by atoms with Gasteiger partial charge in [-0.3, -0.25) is 4.98 Å². The fraction of sp³-hybridized carbons (Fsp3) is 0.132. The maximum Gasteiger partial charge on any atom is 0.418 e. The fourth-order valence-electron chi connectivity index (χ4n) is 6.15. The van der Waals surface area contributed by atoms with Gasteiger partial charge in [-0.15, -0.1) is 0 Å². The highest BCUT2D eigenvalue weighted by molar-refractivity contribution is 6.09. The minimum Gasteiger partial charge on any atom is -0.309 e. The summed E-state index contributed by atoms with van der Waals surface area (Å²) in [6.07, 6.45) is -3.58. The highest BCUT2D eigenvalue weighted by Crippen LogP contribution is 2.41. The van der Waals surface area contributed by atoms with Crippen molar-refractivity contribution in [3.8, 4) is 28.1 Å². The lowest BCUT2D eigenvalue weighted by atomic mass is 9.82. The minimum absolute atomic E-state index is 0.108. The SMILES string of the molecule is CC(C)(C)c1cc(-c2cc(-c3ccc(-n4c5ccccc5c5ccccc54)cc3)c(C(F)(F)F)cn2)cc2ccccc12. The van der Waals surface area contributed by atoms with Crippen molar-refractivity contribution in [2.75, 3.05) is 0 Å². The van der Waals surface area contributed by atoms with Crippen LogP contribution >= 0.6 is 0 Å². The molecular formula is C38H29F3N2. The Morgan fingerprint density at radius 3 is 1.77 bits per heavy atom. The fourth-order valence-corrected chi connectivity index (χ4v) is 6.15. The van der Waals surface area contributed by atoms with E-state index in [0.29, 0.717) is 11.3 Å². The van der Waals surface area contributed by atoms with Gasteiger partial charge in [-0.2, -0.15) is 13.2 Å². The Balaban J connectivity index is 1.38. The third kappa shape index (κ3) is 4.65. The van der Waals surface area contributed by atoms with Crippen LogP contribution in [0.5, 0.6) is 0 Å². The van der Waals surface area contributed by atoms with Gasteiger partial charge in [-0.1, -0.05) is 93.6 Å². The van der Waals surface area contributed by atoms with Gasteiger partial charge in [0.2, 0.25) is 0 Å². The Bertz CT molecular complexity index is 2090. The number of benzene rings is 5. The van der Waals surface area contributed by atoms with Crippen LogP contribution in [0.4, 0.5) is 13.2 Å². The van der Waals surface area contributed by atoms with E-state index in [0.717, 1.165) is 55.6 Å². The summed E-state index contributed by atoms with van der Waals surface area (Å²) in [7, 11) is 0. The van der Waals surface area contributed by atoms with Crippen LogP contribution in [0.3, 0.4) is 0 Å². The normalized spacial score (nSPS) is 12.4. The van der Waals surface area contributed by atoms with Crippen molar-refractivity contribution >= 4 is 32.6 Å². The minimum atomic E-state index is -4.55. The van der Waals surface area contributed by atoms with Crippen LogP contribution in [0.15, 0.2) is 121 Å².